The molecule has 0 fully saturated rings. The first-order valence-electron chi connectivity index (χ1n) is 7.12. The Morgan fingerprint density at radius 1 is 0.760 bits per heavy atom. The van der Waals surface area contributed by atoms with Crippen molar-refractivity contribution in [2.45, 2.75) is 6.42 Å². The van der Waals surface area contributed by atoms with E-state index >= 15 is 0 Å². The van der Waals surface area contributed by atoms with Gasteiger partial charge in [0.2, 0.25) is 11.8 Å². The largest absolute Gasteiger partial charge is 0.338 e. The van der Waals surface area contributed by atoms with Crippen molar-refractivity contribution in [3.8, 4) is 0 Å². The van der Waals surface area contributed by atoms with Gasteiger partial charge in [-0.05, 0) is 18.6 Å². The number of nitrogens with zero attached hydrogens (tertiary/aromatic N) is 2. The molecule has 2 N–H and O–H groups in total. The van der Waals surface area contributed by atoms with E-state index < -0.39 is 43.6 Å². The molecule has 0 rings (SSSR count). The van der Waals surface area contributed by atoms with Gasteiger partial charge >= 0.3 is 0 Å². The minimum absolute atomic E-state index is 0.0488. The molecule has 0 aromatic heterocycles. The van der Waals surface area contributed by atoms with E-state index in [9.17, 15) is 26.4 Å². The van der Waals surface area contributed by atoms with Crippen LogP contribution < -0.4 is 0 Å². The van der Waals surface area contributed by atoms with Crippen LogP contribution in [-0.2, 0) is 29.8 Å². The van der Waals surface area contributed by atoms with Gasteiger partial charge in [0.25, 0.3) is 20.2 Å². The first-order chi connectivity index (χ1) is 11.4. The van der Waals surface area contributed by atoms with Crippen LogP contribution in [0.4, 0.5) is 0 Å². The van der Waals surface area contributed by atoms with Crippen LogP contribution in [0.25, 0.3) is 0 Å². The molecule has 0 aliphatic rings. The van der Waals surface area contributed by atoms with Crippen molar-refractivity contribution in [2.24, 2.45) is 0 Å². The lowest BCUT2D eigenvalue weighted by Crippen LogP contribution is -2.39. The van der Waals surface area contributed by atoms with Gasteiger partial charge in [0.05, 0.1) is 11.5 Å². The molecule has 0 aliphatic carbocycles. The third-order valence-electron chi connectivity index (χ3n) is 3.07. The summed E-state index contributed by atoms with van der Waals surface area (Å²) in [6, 6.07) is 0. The molecule has 0 aliphatic heterocycles. The molecule has 2 amide bonds. The predicted molar refractivity (Wildman–Crippen MR) is 91.0 cm³/mol. The Kier molecular flexibility index (Phi) is 9.56. The summed E-state index contributed by atoms with van der Waals surface area (Å²) in [5, 5.41) is 0. The maximum absolute atomic E-state index is 11.7. The second-order valence-electron chi connectivity index (χ2n) is 4.98. The predicted octanol–water partition coefficient (Wildman–Crippen LogP) is -0.819. The van der Waals surface area contributed by atoms with Gasteiger partial charge in [0.15, 0.2) is 0 Å². The van der Waals surface area contributed by atoms with Crippen LogP contribution in [0.2, 0.25) is 0 Å². The van der Waals surface area contributed by atoms with Gasteiger partial charge in [-0.1, -0.05) is 13.2 Å². The maximum atomic E-state index is 11.7. The van der Waals surface area contributed by atoms with E-state index in [-0.39, 0.29) is 32.6 Å². The van der Waals surface area contributed by atoms with Crippen LogP contribution in [0.3, 0.4) is 0 Å². The molecule has 0 radical (unpaired) electrons. The number of amides is 2. The molecule has 25 heavy (non-hydrogen) atoms. The fourth-order valence-corrected chi connectivity index (χ4v) is 2.73. The van der Waals surface area contributed by atoms with E-state index in [0.717, 1.165) is 22.0 Å². The molecule has 0 saturated heterocycles. The summed E-state index contributed by atoms with van der Waals surface area (Å²) in [5.41, 5.74) is 0. The van der Waals surface area contributed by atoms with Crippen LogP contribution in [-0.4, -0.2) is 85.2 Å². The van der Waals surface area contributed by atoms with Crippen LogP contribution in [0.5, 0.6) is 0 Å². The van der Waals surface area contributed by atoms with Crippen LogP contribution in [0.15, 0.2) is 25.3 Å². The molecule has 0 saturated carbocycles. The molecule has 0 atom stereocenters. The van der Waals surface area contributed by atoms with E-state index in [1.807, 2.05) is 0 Å². The number of hydrogen-bond acceptors (Lipinski definition) is 6. The average Bonchev–Trinajstić information content (AvgIpc) is 2.50. The minimum Gasteiger partial charge on any atom is -0.338 e. The topological polar surface area (TPSA) is 149 Å². The quantitative estimate of drug-likeness (QED) is 0.320. The van der Waals surface area contributed by atoms with Crippen molar-refractivity contribution < 1.29 is 35.5 Å². The first kappa shape index (κ1) is 23.2. The van der Waals surface area contributed by atoms with Crippen molar-refractivity contribution >= 4 is 32.1 Å². The highest BCUT2D eigenvalue weighted by atomic mass is 32.2. The molecule has 0 unspecified atom stereocenters. The standard InChI is InChI=1S/C13H22N2O8S2/c1-3-12(16)14(8-10-24(18,19)20)6-5-7-15(13(17)4-2)9-11-25(21,22)23/h3-4H,1-2,5-11H2,(H,18,19,20)(H,21,22,23). The fourth-order valence-electron chi connectivity index (χ4n) is 1.83. The van der Waals surface area contributed by atoms with Crippen molar-refractivity contribution in [3.05, 3.63) is 25.3 Å². The van der Waals surface area contributed by atoms with Crippen molar-refractivity contribution in [1.29, 1.82) is 0 Å². The second kappa shape index (κ2) is 10.3. The second-order valence-corrected chi connectivity index (χ2v) is 8.13. The Balaban J connectivity index is 4.76. The molecule has 0 spiro atoms. The van der Waals surface area contributed by atoms with Gasteiger partial charge in [0, 0.05) is 26.2 Å². The number of rotatable bonds is 12. The normalized spacial score (nSPS) is 11.6. The first-order valence-corrected chi connectivity index (χ1v) is 10.3. The highest BCUT2D eigenvalue weighted by Crippen LogP contribution is 2.01. The summed E-state index contributed by atoms with van der Waals surface area (Å²) in [7, 11) is -8.49. The summed E-state index contributed by atoms with van der Waals surface area (Å²) in [4.78, 5) is 25.6. The zero-order valence-electron chi connectivity index (χ0n) is 13.6. The Morgan fingerprint density at radius 2 is 1.08 bits per heavy atom. The van der Waals surface area contributed by atoms with E-state index in [4.69, 9.17) is 9.11 Å². The third-order valence-corrected chi connectivity index (χ3v) is 4.46. The monoisotopic (exact) mass is 398 g/mol. The summed E-state index contributed by atoms with van der Waals surface area (Å²) in [6.45, 7) is 6.16. The Bertz CT molecular complexity index is 640. The van der Waals surface area contributed by atoms with Crippen LogP contribution >= 0.6 is 0 Å². The summed E-state index contributed by atoms with van der Waals surface area (Å²) < 4.78 is 60.6. The number of hydrogen-bond donors (Lipinski definition) is 2. The highest BCUT2D eigenvalue weighted by molar-refractivity contribution is 7.86. The lowest BCUT2D eigenvalue weighted by atomic mass is 10.3. The summed E-state index contributed by atoms with van der Waals surface area (Å²) in [5.74, 6) is -2.40. The fraction of sp³-hybridized carbons (Fsp3) is 0.538. The Labute approximate surface area is 147 Å². The molecule has 0 aromatic rings. The van der Waals surface area contributed by atoms with E-state index in [0.29, 0.717) is 0 Å². The molecule has 144 valence electrons. The molecule has 0 aromatic carbocycles. The molecule has 10 nitrogen and oxygen atoms in total. The van der Waals surface area contributed by atoms with E-state index in [1.165, 1.54) is 0 Å². The van der Waals surface area contributed by atoms with Crippen molar-refractivity contribution in [2.75, 3.05) is 37.7 Å². The highest BCUT2D eigenvalue weighted by Gasteiger charge is 2.17. The van der Waals surface area contributed by atoms with Gasteiger partial charge < -0.3 is 9.80 Å². The van der Waals surface area contributed by atoms with Crippen LogP contribution in [0.1, 0.15) is 6.42 Å². The van der Waals surface area contributed by atoms with Gasteiger partial charge in [0.1, 0.15) is 0 Å². The van der Waals surface area contributed by atoms with Crippen molar-refractivity contribution in [3.63, 3.8) is 0 Å². The van der Waals surface area contributed by atoms with Crippen molar-refractivity contribution in [1.82, 2.24) is 9.80 Å². The Morgan fingerprint density at radius 3 is 1.32 bits per heavy atom. The Hall–Kier alpha value is -1.76. The molecular weight excluding hydrogens is 376 g/mol. The lowest BCUT2D eigenvalue weighted by Gasteiger charge is -2.24. The number of carbonyl (C=O) groups excluding carboxylic acids is 2. The lowest BCUT2D eigenvalue weighted by molar-refractivity contribution is -0.126. The van der Waals surface area contributed by atoms with Gasteiger partial charge in [-0.2, -0.15) is 16.8 Å². The zero-order valence-corrected chi connectivity index (χ0v) is 15.2. The third kappa shape index (κ3) is 11.4. The van der Waals surface area contributed by atoms with Crippen LogP contribution in [0, 0.1) is 0 Å². The molecule has 0 heterocycles. The summed E-state index contributed by atoms with van der Waals surface area (Å²) in [6.07, 6.45) is 2.17. The zero-order chi connectivity index (χ0) is 19.7. The smallest absolute Gasteiger partial charge is 0.266 e. The maximum Gasteiger partial charge on any atom is 0.266 e. The minimum atomic E-state index is -4.25. The van der Waals surface area contributed by atoms with E-state index in [2.05, 4.69) is 13.2 Å². The van der Waals surface area contributed by atoms with Gasteiger partial charge in [-0.15, -0.1) is 0 Å². The SMILES string of the molecule is C=CC(=O)N(CCCN(CCS(=O)(=O)O)C(=O)C=C)CCS(=O)(=O)O. The van der Waals surface area contributed by atoms with Gasteiger partial charge in [-0.25, -0.2) is 0 Å². The summed E-state index contributed by atoms with van der Waals surface area (Å²) >= 11 is 0. The van der Waals surface area contributed by atoms with E-state index in [1.54, 1.807) is 0 Å². The average molecular weight is 398 g/mol. The molecule has 0 bridgehead atoms. The number of carbonyl (C=O) groups is 2. The molecular formula is C13H22N2O8S2. The van der Waals surface area contributed by atoms with Gasteiger partial charge in [-0.3, -0.25) is 18.7 Å². The molecule has 12 heteroatoms.